The summed E-state index contributed by atoms with van der Waals surface area (Å²) in [5, 5.41) is 11.1. The molecule has 5 rings (SSSR count). The van der Waals surface area contributed by atoms with Gasteiger partial charge in [-0.25, -0.2) is 13.4 Å². The summed E-state index contributed by atoms with van der Waals surface area (Å²) in [6.07, 6.45) is 6.32. The van der Waals surface area contributed by atoms with Gasteiger partial charge in [-0.2, -0.15) is 0 Å². The number of amides is 1. The molecule has 0 bridgehead atoms. The number of nitrogens with zero attached hydrogens (tertiary/aromatic N) is 4. The molecule has 3 heterocycles. The predicted molar refractivity (Wildman–Crippen MR) is 142 cm³/mol. The smallest absolute Gasteiger partial charge is 0.238 e. The van der Waals surface area contributed by atoms with Crippen molar-refractivity contribution in [3.8, 4) is 17.0 Å². The van der Waals surface area contributed by atoms with Gasteiger partial charge >= 0.3 is 0 Å². The third kappa shape index (κ3) is 4.62. The highest BCUT2D eigenvalue weighted by Crippen LogP contribution is 2.55. The topological polar surface area (TPSA) is 125 Å². The third-order valence-corrected chi connectivity index (χ3v) is 7.67. The first kappa shape index (κ1) is 25.4. The van der Waals surface area contributed by atoms with Crippen molar-refractivity contribution in [2.24, 2.45) is 0 Å². The number of pyridine rings is 2. The van der Waals surface area contributed by atoms with Gasteiger partial charge in [0.15, 0.2) is 0 Å². The molecule has 196 valence electrons. The summed E-state index contributed by atoms with van der Waals surface area (Å²) in [4.78, 5) is 25.6. The van der Waals surface area contributed by atoms with Crippen LogP contribution in [0, 0.1) is 0 Å². The van der Waals surface area contributed by atoms with Crippen LogP contribution in [0.15, 0.2) is 36.7 Å². The highest BCUT2D eigenvalue weighted by atomic mass is 32.2. The molecule has 1 saturated carbocycles. The minimum absolute atomic E-state index is 0.0413. The maximum atomic E-state index is 13.1. The predicted octanol–water partition coefficient (Wildman–Crippen LogP) is 2.37. The van der Waals surface area contributed by atoms with E-state index >= 15 is 0 Å². The summed E-state index contributed by atoms with van der Waals surface area (Å²) in [6, 6.07) is 7.47. The van der Waals surface area contributed by atoms with Crippen LogP contribution in [0.4, 0.5) is 11.4 Å². The van der Waals surface area contributed by atoms with Gasteiger partial charge in [-0.3, -0.25) is 14.5 Å². The number of sulfonamides is 1. The minimum Gasteiger partial charge on any atom is -0.473 e. The van der Waals surface area contributed by atoms with E-state index in [1.807, 2.05) is 37.2 Å². The van der Waals surface area contributed by atoms with Crippen molar-refractivity contribution in [3.05, 3.63) is 42.2 Å². The van der Waals surface area contributed by atoms with Gasteiger partial charge in [0.05, 0.1) is 29.1 Å². The molecule has 1 unspecified atom stereocenters. The summed E-state index contributed by atoms with van der Waals surface area (Å²) >= 11 is 0. The molecule has 0 saturated heterocycles. The molecular weight excluding hydrogens is 494 g/mol. The Bertz CT molecular complexity index is 1490. The second-order valence-electron chi connectivity index (χ2n) is 10.2. The SMILES string of the molecule is CN(C)CC(O)COc1ncc(-c2ccc3ncc4c(c3c2)C2(CCC2)C(=O)N4C)cc1NS(C)(=O)=O. The summed E-state index contributed by atoms with van der Waals surface area (Å²) in [7, 11) is 1.85. The van der Waals surface area contributed by atoms with Crippen LogP contribution < -0.4 is 14.4 Å². The van der Waals surface area contributed by atoms with Gasteiger partial charge in [0.25, 0.3) is 0 Å². The minimum atomic E-state index is -3.62. The Labute approximate surface area is 216 Å². The van der Waals surface area contributed by atoms with E-state index in [1.54, 1.807) is 30.4 Å². The zero-order valence-corrected chi connectivity index (χ0v) is 22.2. The molecule has 1 aliphatic carbocycles. The number of aliphatic hydroxyl groups is 1. The Morgan fingerprint density at radius 1 is 1.19 bits per heavy atom. The Morgan fingerprint density at radius 3 is 2.59 bits per heavy atom. The van der Waals surface area contributed by atoms with Crippen molar-refractivity contribution in [2.75, 3.05) is 50.2 Å². The van der Waals surface area contributed by atoms with Crippen LogP contribution in [0.2, 0.25) is 0 Å². The van der Waals surface area contributed by atoms with Crippen LogP contribution in [0.25, 0.3) is 22.0 Å². The molecule has 1 aromatic carbocycles. The first-order valence-corrected chi connectivity index (χ1v) is 14.0. The number of likely N-dealkylation sites (N-methyl/N-ethyl adjacent to an activating group) is 2. The molecule has 2 aliphatic rings. The van der Waals surface area contributed by atoms with E-state index < -0.39 is 21.5 Å². The quantitative estimate of drug-likeness (QED) is 0.459. The number of hydrogen-bond acceptors (Lipinski definition) is 8. The van der Waals surface area contributed by atoms with Gasteiger partial charge in [0.2, 0.25) is 21.8 Å². The zero-order valence-electron chi connectivity index (χ0n) is 21.4. The van der Waals surface area contributed by atoms with Gasteiger partial charge in [-0.1, -0.05) is 12.5 Å². The molecule has 3 aromatic rings. The van der Waals surface area contributed by atoms with E-state index in [9.17, 15) is 18.3 Å². The normalized spacial score (nSPS) is 17.2. The standard InChI is InChI=1S/C26H31N5O5S/c1-30(2)14-18(32)15-36-24-21(29-37(4,34)35)11-17(12-28-24)16-6-7-20-19(10-16)23-22(13-27-20)31(3)25(33)26(23)8-5-9-26/h6-7,10-13,18,29,32H,5,8-9,14-15H2,1-4H3. The van der Waals surface area contributed by atoms with Gasteiger partial charge in [-0.15, -0.1) is 0 Å². The van der Waals surface area contributed by atoms with Crippen LogP contribution in [0.3, 0.4) is 0 Å². The number of rotatable bonds is 8. The van der Waals surface area contributed by atoms with Crippen LogP contribution in [0.1, 0.15) is 24.8 Å². The number of aliphatic hydroxyl groups excluding tert-OH is 1. The number of aromatic nitrogens is 2. The number of carbonyl (C=O) groups is 1. The van der Waals surface area contributed by atoms with Crippen LogP contribution >= 0.6 is 0 Å². The third-order valence-electron chi connectivity index (χ3n) is 7.08. The van der Waals surface area contributed by atoms with E-state index in [2.05, 4.69) is 14.7 Å². The Hall–Kier alpha value is -3.28. The molecular formula is C26H31N5O5S. The van der Waals surface area contributed by atoms with Crippen molar-refractivity contribution in [2.45, 2.75) is 30.8 Å². The van der Waals surface area contributed by atoms with E-state index in [0.29, 0.717) is 12.1 Å². The number of ether oxygens (including phenoxy) is 1. The first-order chi connectivity index (χ1) is 17.5. The van der Waals surface area contributed by atoms with Crippen LogP contribution in [-0.2, 0) is 20.2 Å². The highest BCUT2D eigenvalue weighted by molar-refractivity contribution is 7.92. The largest absolute Gasteiger partial charge is 0.473 e. The molecule has 1 atom stereocenters. The van der Waals surface area contributed by atoms with E-state index in [1.165, 1.54) is 0 Å². The number of hydrogen-bond donors (Lipinski definition) is 2. The molecule has 1 spiro atoms. The Kier molecular flexibility index (Phi) is 6.33. The summed E-state index contributed by atoms with van der Waals surface area (Å²) in [6.45, 7) is 0.349. The van der Waals surface area contributed by atoms with Crippen molar-refractivity contribution in [1.29, 1.82) is 0 Å². The average Bonchev–Trinajstić information content (AvgIpc) is 3.04. The van der Waals surface area contributed by atoms with Crippen molar-refractivity contribution >= 4 is 38.2 Å². The first-order valence-electron chi connectivity index (χ1n) is 12.1. The molecule has 37 heavy (non-hydrogen) atoms. The average molecular weight is 526 g/mol. The zero-order chi connectivity index (χ0) is 26.5. The second-order valence-corrected chi connectivity index (χ2v) is 12.0. The summed E-state index contributed by atoms with van der Waals surface area (Å²) < 4.78 is 32.3. The van der Waals surface area contributed by atoms with Gasteiger partial charge in [0, 0.05) is 36.3 Å². The van der Waals surface area contributed by atoms with E-state index in [-0.39, 0.29) is 24.1 Å². The lowest BCUT2D eigenvalue weighted by Gasteiger charge is -2.37. The van der Waals surface area contributed by atoms with Gasteiger partial charge < -0.3 is 19.6 Å². The summed E-state index contributed by atoms with van der Waals surface area (Å²) in [5.41, 5.74) is 3.83. The number of nitrogens with one attached hydrogen (secondary N) is 1. The number of fused-ring (bicyclic) bond motifs is 4. The maximum absolute atomic E-state index is 13.1. The number of carbonyl (C=O) groups excluding carboxylic acids is 1. The molecule has 0 radical (unpaired) electrons. The lowest BCUT2D eigenvalue weighted by molar-refractivity contribution is -0.125. The number of benzene rings is 1. The molecule has 11 heteroatoms. The fraction of sp³-hybridized carbons (Fsp3) is 0.423. The molecule has 1 aliphatic heterocycles. The van der Waals surface area contributed by atoms with E-state index in [0.717, 1.165) is 53.2 Å². The fourth-order valence-corrected chi connectivity index (χ4v) is 5.84. The van der Waals surface area contributed by atoms with Crippen LogP contribution in [-0.4, -0.2) is 81.0 Å². The van der Waals surface area contributed by atoms with Crippen molar-refractivity contribution in [1.82, 2.24) is 14.9 Å². The molecule has 2 N–H and O–H groups in total. The van der Waals surface area contributed by atoms with Crippen LogP contribution in [0.5, 0.6) is 5.88 Å². The van der Waals surface area contributed by atoms with Crippen molar-refractivity contribution in [3.63, 3.8) is 0 Å². The van der Waals surface area contributed by atoms with E-state index in [4.69, 9.17) is 4.74 Å². The lowest BCUT2D eigenvalue weighted by Crippen LogP contribution is -2.43. The number of anilines is 2. The Morgan fingerprint density at radius 2 is 1.95 bits per heavy atom. The maximum Gasteiger partial charge on any atom is 0.238 e. The fourth-order valence-electron chi connectivity index (χ4n) is 5.30. The lowest BCUT2D eigenvalue weighted by atomic mass is 9.64. The molecule has 2 aromatic heterocycles. The summed E-state index contributed by atoms with van der Waals surface area (Å²) in [5.74, 6) is 0.198. The molecule has 1 amide bonds. The Balaban J connectivity index is 1.55. The monoisotopic (exact) mass is 525 g/mol. The molecule has 10 nitrogen and oxygen atoms in total. The highest BCUT2D eigenvalue weighted by Gasteiger charge is 2.54. The van der Waals surface area contributed by atoms with Gasteiger partial charge in [0.1, 0.15) is 18.4 Å². The van der Waals surface area contributed by atoms with Gasteiger partial charge in [-0.05, 0) is 50.7 Å². The van der Waals surface area contributed by atoms with Crippen molar-refractivity contribution < 1.29 is 23.1 Å². The molecule has 1 fully saturated rings. The second kappa shape index (κ2) is 9.23.